The largest absolute Gasteiger partial charge is 0.377 e. The van der Waals surface area contributed by atoms with Gasteiger partial charge in [-0.05, 0) is 33.1 Å². The summed E-state index contributed by atoms with van der Waals surface area (Å²) in [6.07, 6.45) is 3.65. The van der Waals surface area contributed by atoms with Crippen LogP contribution in [0.3, 0.4) is 0 Å². The number of aromatic nitrogens is 2. The van der Waals surface area contributed by atoms with Crippen molar-refractivity contribution >= 4 is 17.4 Å². The predicted molar refractivity (Wildman–Crippen MR) is 76.0 cm³/mol. The van der Waals surface area contributed by atoms with Crippen LogP contribution in [0.1, 0.15) is 43.5 Å². The number of ether oxygens (including phenoxy) is 1. The second kappa shape index (κ2) is 5.25. The molecule has 0 aromatic carbocycles. The summed E-state index contributed by atoms with van der Waals surface area (Å²) in [6.45, 7) is 6.79. The van der Waals surface area contributed by atoms with E-state index < -0.39 is 0 Å². The molecule has 1 aromatic heterocycles. The Bertz CT molecular complexity index is 476. The van der Waals surface area contributed by atoms with E-state index in [9.17, 15) is 0 Å². The molecule has 1 aliphatic carbocycles. The lowest BCUT2D eigenvalue weighted by Crippen LogP contribution is -2.31. The fourth-order valence-electron chi connectivity index (χ4n) is 2.51. The van der Waals surface area contributed by atoms with Gasteiger partial charge >= 0.3 is 0 Å². The Morgan fingerprint density at radius 1 is 1.32 bits per heavy atom. The quantitative estimate of drug-likeness (QED) is 0.781. The van der Waals surface area contributed by atoms with E-state index in [-0.39, 0.29) is 6.10 Å². The van der Waals surface area contributed by atoms with Crippen molar-refractivity contribution < 1.29 is 4.74 Å². The Labute approximate surface area is 119 Å². The van der Waals surface area contributed by atoms with E-state index >= 15 is 0 Å². The van der Waals surface area contributed by atoms with E-state index in [0.29, 0.717) is 11.1 Å². The van der Waals surface area contributed by atoms with Gasteiger partial charge < -0.3 is 9.64 Å². The minimum atomic E-state index is 0.236. The topological polar surface area (TPSA) is 38.2 Å². The monoisotopic (exact) mass is 281 g/mol. The molecule has 104 valence electrons. The van der Waals surface area contributed by atoms with E-state index in [2.05, 4.69) is 16.8 Å². The van der Waals surface area contributed by atoms with Crippen molar-refractivity contribution in [1.29, 1.82) is 0 Å². The summed E-state index contributed by atoms with van der Waals surface area (Å²) >= 11 is 6.28. The highest BCUT2D eigenvalue weighted by molar-refractivity contribution is 6.30. The van der Waals surface area contributed by atoms with Gasteiger partial charge in [0.25, 0.3) is 0 Å². The highest BCUT2D eigenvalue weighted by Crippen LogP contribution is 2.40. The van der Waals surface area contributed by atoms with Crippen LogP contribution in [-0.4, -0.2) is 35.8 Å². The van der Waals surface area contributed by atoms with Gasteiger partial charge in [-0.2, -0.15) is 0 Å². The van der Waals surface area contributed by atoms with Gasteiger partial charge in [-0.15, -0.1) is 0 Å². The van der Waals surface area contributed by atoms with Crippen molar-refractivity contribution in [2.24, 2.45) is 0 Å². The summed E-state index contributed by atoms with van der Waals surface area (Å²) in [5.74, 6) is 2.44. The molecule has 0 spiro atoms. The molecule has 1 saturated heterocycles. The zero-order valence-corrected chi connectivity index (χ0v) is 12.3. The van der Waals surface area contributed by atoms with Crippen LogP contribution in [0.15, 0.2) is 0 Å². The van der Waals surface area contributed by atoms with Crippen LogP contribution < -0.4 is 4.90 Å². The molecule has 1 saturated carbocycles. The van der Waals surface area contributed by atoms with Crippen LogP contribution >= 0.6 is 11.6 Å². The summed E-state index contributed by atoms with van der Waals surface area (Å²) in [6, 6.07) is 0. The maximum absolute atomic E-state index is 6.28. The normalized spacial score (nSPS) is 24.4. The van der Waals surface area contributed by atoms with Gasteiger partial charge in [-0.25, -0.2) is 9.97 Å². The Balaban J connectivity index is 1.93. The maximum Gasteiger partial charge on any atom is 0.137 e. The molecule has 2 fully saturated rings. The Hall–Kier alpha value is -0.870. The standard InChI is InChI=1S/C14H20ClN3O/c1-9-8-18(6-3-7-19-9)14-10(2)12(15)16-13(17-14)11-4-5-11/h9,11H,3-8H2,1-2H3. The number of hydrogen-bond acceptors (Lipinski definition) is 4. The van der Waals surface area contributed by atoms with Crippen molar-refractivity contribution in [2.75, 3.05) is 24.6 Å². The average Bonchev–Trinajstić information content (AvgIpc) is 3.19. The zero-order valence-electron chi connectivity index (χ0n) is 11.5. The van der Waals surface area contributed by atoms with Crippen LogP contribution in [-0.2, 0) is 4.74 Å². The molecule has 0 amide bonds. The second-order valence-electron chi connectivity index (χ2n) is 5.58. The Morgan fingerprint density at radius 3 is 2.84 bits per heavy atom. The Morgan fingerprint density at radius 2 is 2.11 bits per heavy atom. The smallest absolute Gasteiger partial charge is 0.137 e. The number of halogens is 1. The van der Waals surface area contributed by atoms with Crippen LogP contribution in [0.2, 0.25) is 5.15 Å². The van der Waals surface area contributed by atoms with Crippen molar-refractivity contribution in [3.8, 4) is 0 Å². The van der Waals surface area contributed by atoms with Crippen molar-refractivity contribution in [3.05, 3.63) is 16.5 Å². The minimum Gasteiger partial charge on any atom is -0.377 e. The summed E-state index contributed by atoms with van der Waals surface area (Å²) in [5.41, 5.74) is 0.986. The molecule has 0 N–H and O–H groups in total. The van der Waals surface area contributed by atoms with Crippen molar-refractivity contribution in [1.82, 2.24) is 9.97 Å². The van der Waals surface area contributed by atoms with Crippen molar-refractivity contribution in [2.45, 2.75) is 45.1 Å². The first kappa shape index (κ1) is 13.1. The molecule has 2 heterocycles. The Kier molecular flexibility index (Phi) is 3.63. The third kappa shape index (κ3) is 2.84. The fourth-order valence-corrected chi connectivity index (χ4v) is 2.68. The summed E-state index contributed by atoms with van der Waals surface area (Å²) in [4.78, 5) is 11.5. The van der Waals surface area contributed by atoms with Crippen LogP contribution in [0.4, 0.5) is 5.82 Å². The average molecular weight is 282 g/mol. The van der Waals surface area contributed by atoms with Gasteiger partial charge in [0.2, 0.25) is 0 Å². The first-order valence-electron chi connectivity index (χ1n) is 7.05. The molecule has 4 nitrogen and oxygen atoms in total. The van der Waals surface area contributed by atoms with E-state index in [4.69, 9.17) is 21.3 Å². The third-order valence-electron chi connectivity index (χ3n) is 3.77. The molecular weight excluding hydrogens is 262 g/mol. The molecule has 1 atom stereocenters. The van der Waals surface area contributed by atoms with Crippen LogP contribution in [0, 0.1) is 6.92 Å². The fraction of sp³-hybridized carbons (Fsp3) is 0.714. The lowest BCUT2D eigenvalue weighted by atomic mass is 10.2. The molecule has 1 unspecified atom stereocenters. The first-order chi connectivity index (χ1) is 9.15. The molecule has 1 aliphatic heterocycles. The van der Waals surface area contributed by atoms with Crippen LogP contribution in [0.5, 0.6) is 0 Å². The zero-order chi connectivity index (χ0) is 13.4. The van der Waals surface area contributed by atoms with Gasteiger partial charge in [0.15, 0.2) is 0 Å². The first-order valence-corrected chi connectivity index (χ1v) is 7.43. The summed E-state index contributed by atoms with van der Waals surface area (Å²) in [7, 11) is 0. The van der Waals surface area contributed by atoms with Gasteiger partial charge in [-0.1, -0.05) is 11.6 Å². The number of rotatable bonds is 2. The predicted octanol–water partition coefficient (Wildman–Crippen LogP) is 2.93. The number of anilines is 1. The molecule has 3 rings (SSSR count). The summed E-state index contributed by atoms with van der Waals surface area (Å²) in [5, 5.41) is 0.602. The number of hydrogen-bond donors (Lipinski definition) is 0. The molecule has 2 aliphatic rings. The van der Waals surface area contributed by atoms with E-state index in [1.165, 1.54) is 12.8 Å². The van der Waals surface area contributed by atoms with Crippen molar-refractivity contribution in [3.63, 3.8) is 0 Å². The van der Waals surface area contributed by atoms with Gasteiger partial charge in [0, 0.05) is 31.2 Å². The molecule has 0 bridgehead atoms. The SMILES string of the molecule is Cc1c(Cl)nc(C2CC2)nc1N1CCCOC(C)C1. The highest BCUT2D eigenvalue weighted by Gasteiger charge is 2.29. The van der Waals surface area contributed by atoms with E-state index in [1.807, 2.05) is 6.92 Å². The van der Waals surface area contributed by atoms with E-state index in [0.717, 1.165) is 43.3 Å². The molecular formula is C14H20ClN3O. The second-order valence-corrected chi connectivity index (χ2v) is 5.93. The molecule has 5 heteroatoms. The molecule has 1 aromatic rings. The number of nitrogens with zero attached hydrogens (tertiary/aromatic N) is 3. The lowest BCUT2D eigenvalue weighted by molar-refractivity contribution is 0.0820. The minimum absolute atomic E-state index is 0.236. The third-order valence-corrected chi connectivity index (χ3v) is 4.14. The lowest BCUT2D eigenvalue weighted by Gasteiger charge is -2.25. The maximum atomic E-state index is 6.28. The van der Waals surface area contributed by atoms with Crippen LogP contribution in [0.25, 0.3) is 0 Å². The molecule has 0 radical (unpaired) electrons. The summed E-state index contributed by atoms with van der Waals surface area (Å²) < 4.78 is 5.70. The van der Waals surface area contributed by atoms with Gasteiger partial charge in [0.1, 0.15) is 16.8 Å². The van der Waals surface area contributed by atoms with Gasteiger partial charge in [-0.3, -0.25) is 0 Å². The van der Waals surface area contributed by atoms with E-state index in [1.54, 1.807) is 0 Å². The van der Waals surface area contributed by atoms with Gasteiger partial charge in [0.05, 0.1) is 6.10 Å². The highest BCUT2D eigenvalue weighted by atomic mass is 35.5. The molecule has 19 heavy (non-hydrogen) atoms.